The number of amides is 3. The summed E-state index contributed by atoms with van der Waals surface area (Å²) in [5.74, 6) is -0.604. The summed E-state index contributed by atoms with van der Waals surface area (Å²) in [5, 5.41) is 4.76. The number of carbonyl (C=O) groups is 3. The lowest BCUT2D eigenvalue weighted by Crippen LogP contribution is -2.41. The number of hydrogen-bond donors (Lipinski definition) is 1. The van der Waals surface area contributed by atoms with E-state index >= 15 is 0 Å². The first-order valence-corrected chi connectivity index (χ1v) is 10.9. The summed E-state index contributed by atoms with van der Waals surface area (Å²) in [6, 6.07) is 19.3. The molecular weight excluding hydrogens is 388 g/mol. The standard InChI is InChI=1S/C26H24N2O3/c29-23(27-22-14-5-8-17-7-1-2-11-19(17)22)15-6-16-28-25(30)20-12-3-9-18-10-4-13-21(24(18)20)26(28)31/h1-4,7,9-13,22H,5-6,8,14-16H2,(H,27,29)/t22-/m0/s1. The number of hydrogen-bond acceptors (Lipinski definition) is 3. The van der Waals surface area contributed by atoms with Gasteiger partial charge in [-0.2, -0.15) is 0 Å². The molecule has 0 radical (unpaired) electrons. The fourth-order valence-electron chi connectivity index (χ4n) is 4.85. The first kappa shape index (κ1) is 19.5. The van der Waals surface area contributed by atoms with Crippen LogP contribution in [0, 0.1) is 0 Å². The van der Waals surface area contributed by atoms with Crippen LogP contribution in [-0.4, -0.2) is 29.2 Å². The molecule has 0 fully saturated rings. The van der Waals surface area contributed by atoms with Crippen LogP contribution in [0.3, 0.4) is 0 Å². The third-order valence-electron chi connectivity index (χ3n) is 6.35. The van der Waals surface area contributed by atoms with Gasteiger partial charge in [-0.1, -0.05) is 48.5 Å². The molecule has 1 aliphatic carbocycles. The lowest BCUT2D eigenvalue weighted by Gasteiger charge is -2.28. The molecule has 1 aliphatic heterocycles. The molecule has 2 aliphatic rings. The quantitative estimate of drug-likeness (QED) is 0.631. The Morgan fingerprint density at radius 1 is 0.935 bits per heavy atom. The monoisotopic (exact) mass is 412 g/mol. The van der Waals surface area contributed by atoms with E-state index in [1.54, 1.807) is 12.1 Å². The first-order chi connectivity index (χ1) is 15.1. The zero-order valence-electron chi connectivity index (χ0n) is 17.3. The van der Waals surface area contributed by atoms with Gasteiger partial charge in [-0.05, 0) is 54.3 Å². The van der Waals surface area contributed by atoms with E-state index in [2.05, 4.69) is 17.4 Å². The Bertz CT molecular complexity index is 1150. The minimum absolute atomic E-state index is 0.0406. The molecule has 0 aromatic heterocycles. The van der Waals surface area contributed by atoms with Gasteiger partial charge in [0.05, 0.1) is 6.04 Å². The number of nitrogens with one attached hydrogen (secondary N) is 1. The lowest BCUT2D eigenvalue weighted by molar-refractivity contribution is -0.122. The summed E-state index contributed by atoms with van der Waals surface area (Å²) in [5.41, 5.74) is 3.61. The fourth-order valence-corrected chi connectivity index (χ4v) is 4.85. The molecule has 5 heteroatoms. The van der Waals surface area contributed by atoms with Gasteiger partial charge < -0.3 is 5.32 Å². The number of carbonyl (C=O) groups excluding carboxylic acids is 3. The SMILES string of the molecule is O=C(CCCN1C(=O)c2cccc3cccc(c23)C1=O)N[C@H]1CCCc2ccccc21. The number of nitrogens with zero attached hydrogens (tertiary/aromatic N) is 1. The van der Waals surface area contributed by atoms with Crippen LogP contribution in [0.2, 0.25) is 0 Å². The van der Waals surface area contributed by atoms with Gasteiger partial charge in [0.1, 0.15) is 0 Å². The molecule has 1 atom stereocenters. The van der Waals surface area contributed by atoms with Crippen molar-refractivity contribution in [3.05, 3.63) is 82.9 Å². The number of benzene rings is 3. The Morgan fingerprint density at radius 3 is 2.39 bits per heavy atom. The Balaban J connectivity index is 1.24. The molecular formula is C26H24N2O3. The van der Waals surface area contributed by atoms with E-state index in [9.17, 15) is 14.4 Å². The van der Waals surface area contributed by atoms with Gasteiger partial charge in [0.25, 0.3) is 11.8 Å². The summed E-state index contributed by atoms with van der Waals surface area (Å²) in [6.45, 7) is 0.233. The number of imide groups is 1. The number of aryl methyl sites for hydroxylation is 1. The van der Waals surface area contributed by atoms with Crippen LogP contribution >= 0.6 is 0 Å². The van der Waals surface area contributed by atoms with Crippen molar-refractivity contribution in [3.8, 4) is 0 Å². The summed E-state index contributed by atoms with van der Waals surface area (Å²) >= 11 is 0. The van der Waals surface area contributed by atoms with Crippen molar-refractivity contribution < 1.29 is 14.4 Å². The molecule has 1 heterocycles. The maximum atomic E-state index is 12.9. The van der Waals surface area contributed by atoms with Crippen molar-refractivity contribution in [2.45, 2.75) is 38.1 Å². The smallest absolute Gasteiger partial charge is 0.261 e. The predicted molar refractivity (Wildman–Crippen MR) is 119 cm³/mol. The van der Waals surface area contributed by atoms with E-state index < -0.39 is 0 Å². The molecule has 0 spiro atoms. The topological polar surface area (TPSA) is 66.5 Å². The second-order valence-electron chi connectivity index (χ2n) is 8.29. The second-order valence-corrected chi connectivity index (χ2v) is 8.29. The van der Waals surface area contributed by atoms with Crippen LogP contribution in [0.4, 0.5) is 0 Å². The third-order valence-corrected chi connectivity index (χ3v) is 6.35. The molecule has 3 amide bonds. The van der Waals surface area contributed by atoms with Gasteiger partial charge in [0, 0.05) is 29.5 Å². The molecule has 0 saturated carbocycles. The summed E-state index contributed by atoms with van der Waals surface area (Å²) in [6.07, 6.45) is 3.77. The van der Waals surface area contributed by atoms with E-state index in [0.717, 1.165) is 30.0 Å². The molecule has 0 unspecified atom stereocenters. The Labute approximate surface area is 181 Å². The average molecular weight is 412 g/mol. The Kier molecular flexibility index (Phi) is 5.02. The normalized spacial score (nSPS) is 17.5. The van der Waals surface area contributed by atoms with Gasteiger partial charge in [-0.25, -0.2) is 0 Å². The van der Waals surface area contributed by atoms with E-state index in [1.165, 1.54) is 16.0 Å². The lowest BCUT2D eigenvalue weighted by atomic mass is 9.87. The third kappa shape index (κ3) is 3.50. The average Bonchev–Trinajstić information content (AvgIpc) is 2.80. The molecule has 5 rings (SSSR count). The van der Waals surface area contributed by atoms with Crippen molar-refractivity contribution in [2.24, 2.45) is 0 Å². The van der Waals surface area contributed by atoms with Gasteiger partial charge in [-0.3, -0.25) is 19.3 Å². The van der Waals surface area contributed by atoms with Crippen LogP contribution in [-0.2, 0) is 11.2 Å². The molecule has 5 nitrogen and oxygen atoms in total. The van der Waals surface area contributed by atoms with Crippen molar-refractivity contribution in [3.63, 3.8) is 0 Å². The van der Waals surface area contributed by atoms with Crippen LogP contribution in [0.15, 0.2) is 60.7 Å². The molecule has 3 aromatic rings. The Hall–Kier alpha value is -3.47. The first-order valence-electron chi connectivity index (χ1n) is 10.9. The summed E-state index contributed by atoms with van der Waals surface area (Å²) in [7, 11) is 0. The van der Waals surface area contributed by atoms with Crippen LogP contribution in [0.5, 0.6) is 0 Å². The molecule has 3 aromatic carbocycles. The highest BCUT2D eigenvalue weighted by Crippen LogP contribution is 2.31. The summed E-state index contributed by atoms with van der Waals surface area (Å²) < 4.78 is 0. The Morgan fingerprint density at radius 2 is 1.65 bits per heavy atom. The van der Waals surface area contributed by atoms with Crippen molar-refractivity contribution >= 4 is 28.5 Å². The largest absolute Gasteiger partial charge is 0.349 e. The van der Waals surface area contributed by atoms with Gasteiger partial charge in [0.2, 0.25) is 5.91 Å². The maximum absolute atomic E-state index is 12.9. The molecule has 1 N–H and O–H groups in total. The predicted octanol–water partition coefficient (Wildman–Crippen LogP) is 4.41. The maximum Gasteiger partial charge on any atom is 0.261 e. The molecule has 0 saturated heterocycles. The zero-order chi connectivity index (χ0) is 21.4. The van der Waals surface area contributed by atoms with Crippen LogP contribution < -0.4 is 5.32 Å². The second kappa shape index (κ2) is 7.99. The van der Waals surface area contributed by atoms with Gasteiger partial charge in [-0.15, -0.1) is 0 Å². The zero-order valence-corrected chi connectivity index (χ0v) is 17.3. The highest BCUT2D eigenvalue weighted by atomic mass is 16.2. The molecule has 31 heavy (non-hydrogen) atoms. The van der Waals surface area contributed by atoms with Gasteiger partial charge in [0.15, 0.2) is 0 Å². The van der Waals surface area contributed by atoms with E-state index in [0.29, 0.717) is 17.5 Å². The molecule has 156 valence electrons. The van der Waals surface area contributed by atoms with Crippen molar-refractivity contribution in [1.29, 1.82) is 0 Å². The van der Waals surface area contributed by atoms with Crippen molar-refractivity contribution in [2.75, 3.05) is 6.54 Å². The highest BCUT2D eigenvalue weighted by Gasteiger charge is 2.32. The summed E-state index contributed by atoms with van der Waals surface area (Å²) in [4.78, 5) is 39.8. The van der Waals surface area contributed by atoms with Crippen LogP contribution in [0.25, 0.3) is 10.8 Å². The minimum atomic E-state index is -0.282. The van der Waals surface area contributed by atoms with Gasteiger partial charge >= 0.3 is 0 Å². The van der Waals surface area contributed by atoms with E-state index in [4.69, 9.17) is 0 Å². The number of fused-ring (bicyclic) bond motifs is 1. The van der Waals surface area contributed by atoms with Crippen LogP contribution in [0.1, 0.15) is 63.6 Å². The van der Waals surface area contributed by atoms with E-state index in [-0.39, 0.29) is 36.7 Å². The molecule has 0 bridgehead atoms. The van der Waals surface area contributed by atoms with E-state index in [1.807, 2.05) is 36.4 Å². The fraction of sp³-hybridized carbons (Fsp3) is 0.269. The highest BCUT2D eigenvalue weighted by molar-refractivity contribution is 6.25. The van der Waals surface area contributed by atoms with Crippen molar-refractivity contribution in [1.82, 2.24) is 10.2 Å². The number of rotatable bonds is 5. The minimum Gasteiger partial charge on any atom is -0.349 e.